The lowest BCUT2D eigenvalue weighted by atomic mass is 10.00. The average molecular weight is 458 g/mol. The first-order valence-corrected chi connectivity index (χ1v) is 11.1. The van der Waals surface area contributed by atoms with E-state index in [1.165, 1.54) is 27.8 Å². The molecule has 1 aliphatic rings. The first kappa shape index (κ1) is 23.4. The van der Waals surface area contributed by atoms with Crippen molar-refractivity contribution in [1.29, 1.82) is 0 Å². The number of nitrogens with zero attached hydrogens (tertiary/aromatic N) is 2. The van der Waals surface area contributed by atoms with Gasteiger partial charge in [-0.2, -0.15) is 0 Å². The number of amides is 2. The quantitative estimate of drug-likeness (QED) is 0.434. The SMILES string of the molecule is C=C1C(c2cc(NSCC)ccc2Oc2ccc(F)cc2F)=CN(C)C(=O)N1/C=C\CC. The number of hydrogen-bond acceptors (Lipinski definition) is 4. The monoisotopic (exact) mass is 457 g/mol. The van der Waals surface area contributed by atoms with Crippen molar-refractivity contribution >= 4 is 29.2 Å². The Morgan fingerprint density at radius 1 is 1.16 bits per heavy atom. The molecule has 1 heterocycles. The molecule has 0 saturated carbocycles. The van der Waals surface area contributed by atoms with E-state index < -0.39 is 11.6 Å². The fourth-order valence-corrected chi connectivity index (χ4v) is 3.49. The summed E-state index contributed by atoms with van der Waals surface area (Å²) in [5.41, 5.74) is 2.51. The molecule has 0 fully saturated rings. The molecule has 0 spiro atoms. The Kier molecular flexibility index (Phi) is 7.58. The number of hydrogen-bond donors (Lipinski definition) is 1. The number of allylic oxidation sites excluding steroid dienone is 2. The molecule has 0 aromatic heterocycles. The van der Waals surface area contributed by atoms with Crippen LogP contribution in [-0.2, 0) is 0 Å². The molecule has 32 heavy (non-hydrogen) atoms. The van der Waals surface area contributed by atoms with Gasteiger partial charge in [-0.1, -0.05) is 38.5 Å². The normalized spacial score (nSPS) is 14.2. The smallest absolute Gasteiger partial charge is 0.332 e. The van der Waals surface area contributed by atoms with E-state index in [0.29, 0.717) is 22.6 Å². The van der Waals surface area contributed by atoms with Gasteiger partial charge in [-0.3, -0.25) is 4.90 Å². The number of benzene rings is 2. The van der Waals surface area contributed by atoms with Crippen LogP contribution in [0.25, 0.3) is 5.57 Å². The van der Waals surface area contributed by atoms with Crippen LogP contribution in [0.3, 0.4) is 0 Å². The van der Waals surface area contributed by atoms with Gasteiger partial charge in [-0.05, 0) is 36.8 Å². The fraction of sp³-hybridized carbons (Fsp3) is 0.208. The molecule has 2 aromatic carbocycles. The fourth-order valence-electron chi connectivity index (χ4n) is 3.05. The van der Waals surface area contributed by atoms with E-state index in [2.05, 4.69) is 11.3 Å². The summed E-state index contributed by atoms with van der Waals surface area (Å²) in [5.74, 6) is -0.400. The number of carbonyl (C=O) groups is 1. The van der Waals surface area contributed by atoms with Gasteiger partial charge in [0.25, 0.3) is 0 Å². The predicted molar refractivity (Wildman–Crippen MR) is 126 cm³/mol. The van der Waals surface area contributed by atoms with Crippen LogP contribution >= 0.6 is 11.9 Å². The lowest BCUT2D eigenvalue weighted by molar-refractivity contribution is 0.201. The molecule has 2 aromatic rings. The molecule has 0 radical (unpaired) electrons. The summed E-state index contributed by atoms with van der Waals surface area (Å²) in [4.78, 5) is 15.6. The molecule has 5 nitrogen and oxygen atoms in total. The van der Waals surface area contributed by atoms with Gasteiger partial charge in [0.15, 0.2) is 11.6 Å². The zero-order chi connectivity index (χ0) is 23.3. The number of rotatable bonds is 8. The number of nitrogens with one attached hydrogen (secondary N) is 1. The van der Waals surface area contributed by atoms with Crippen LogP contribution in [0.4, 0.5) is 19.3 Å². The standard InChI is InChI=1S/C24H25F2N3O2S/c1-5-7-12-29-16(3)20(15-28(4)24(29)30)19-14-18(27-32-6-2)9-11-22(19)31-23-10-8-17(25)13-21(23)26/h7-15,27H,3,5-6H2,1-2,4H3/b12-7-. The maximum Gasteiger partial charge on any atom is 0.332 e. The molecular formula is C24H25F2N3O2S. The molecule has 0 saturated heterocycles. The van der Waals surface area contributed by atoms with E-state index in [0.717, 1.165) is 30.0 Å². The molecule has 0 unspecified atom stereocenters. The van der Waals surface area contributed by atoms with Crippen LogP contribution in [0.2, 0.25) is 0 Å². The Bertz CT molecular complexity index is 1080. The van der Waals surface area contributed by atoms with Gasteiger partial charge >= 0.3 is 6.03 Å². The Morgan fingerprint density at radius 2 is 1.91 bits per heavy atom. The van der Waals surface area contributed by atoms with Gasteiger partial charge < -0.3 is 14.4 Å². The number of halogens is 2. The number of urea groups is 1. The van der Waals surface area contributed by atoms with Gasteiger partial charge in [0.1, 0.15) is 11.6 Å². The van der Waals surface area contributed by atoms with Gasteiger partial charge in [-0.15, -0.1) is 0 Å². The minimum Gasteiger partial charge on any atom is -0.454 e. The summed E-state index contributed by atoms with van der Waals surface area (Å²) < 4.78 is 36.7. The molecule has 0 bridgehead atoms. The van der Waals surface area contributed by atoms with Gasteiger partial charge in [0.2, 0.25) is 0 Å². The molecule has 0 atom stereocenters. The molecule has 1 aliphatic heterocycles. The molecule has 2 amide bonds. The topological polar surface area (TPSA) is 44.8 Å². The lowest BCUT2D eigenvalue weighted by Gasteiger charge is -2.32. The third-order valence-electron chi connectivity index (χ3n) is 4.64. The summed E-state index contributed by atoms with van der Waals surface area (Å²) in [6.07, 6.45) is 5.97. The molecule has 0 aliphatic carbocycles. The number of ether oxygens (including phenoxy) is 1. The summed E-state index contributed by atoms with van der Waals surface area (Å²) in [7, 11) is 1.65. The van der Waals surface area contributed by atoms with Crippen LogP contribution in [0.5, 0.6) is 11.5 Å². The minimum absolute atomic E-state index is 0.106. The molecule has 168 valence electrons. The molecule has 3 rings (SSSR count). The Labute approximate surface area is 191 Å². The van der Waals surface area contributed by atoms with Gasteiger partial charge in [0, 0.05) is 48.1 Å². The van der Waals surface area contributed by atoms with Crippen molar-refractivity contribution in [1.82, 2.24) is 9.80 Å². The van der Waals surface area contributed by atoms with Gasteiger partial charge in [-0.25, -0.2) is 13.6 Å². The van der Waals surface area contributed by atoms with Crippen molar-refractivity contribution in [3.05, 3.63) is 84.3 Å². The molecular weight excluding hydrogens is 432 g/mol. The zero-order valence-electron chi connectivity index (χ0n) is 18.2. The zero-order valence-corrected chi connectivity index (χ0v) is 19.0. The van der Waals surface area contributed by atoms with Crippen molar-refractivity contribution < 1.29 is 18.3 Å². The highest BCUT2D eigenvalue weighted by Gasteiger charge is 2.28. The Morgan fingerprint density at radius 3 is 2.59 bits per heavy atom. The second kappa shape index (κ2) is 10.4. The third-order valence-corrected chi connectivity index (χ3v) is 5.31. The molecule has 8 heteroatoms. The minimum atomic E-state index is -0.809. The summed E-state index contributed by atoms with van der Waals surface area (Å²) >= 11 is 1.52. The highest BCUT2D eigenvalue weighted by atomic mass is 32.2. The second-order valence-corrected chi connectivity index (χ2v) is 8.04. The van der Waals surface area contributed by atoms with Crippen LogP contribution in [0.15, 0.2) is 67.2 Å². The summed E-state index contributed by atoms with van der Waals surface area (Å²) in [5, 5.41) is 0. The van der Waals surface area contributed by atoms with Crippen molar-refractivity contribution in [2.24, 2.45) is 0 Å². The third kappa shape index (κ3) is 5.13. The Hall–Kier alpha value is -3.26. The first-order chi connectivity index (χ1) is 15.3. The van der Waals surface area contributed by atoms with Crippen molar-refractivity contribution in [2.75, 3.05) is 17.5 Å². The van der Waals surface area contributed by atoms with E-state index in [1.54, 1.807) is 31.6 Å². The first-order valence-electron chi connectivity index (χ1n) is 10.1. The summed E-state index contributed by atoms with van der Waals surface area (Å²) in [6.45, 7) is 8.11. The largest absolute Gasteiger partial charge is 0.454 e. The maximum absolute atomic E-state index is 14.3. The van der Waals surface area contributed by atoms with Gasteiger partial charge in [0.05, 0.1) is 5.70 Å². The molecule has 1 N–H and O–H groups in total. The van der Waals surface area contributed by atoms with Crippen molar-refractivity contribution in [3.63, 3.8) is 0 Å². The highest BCUT2D eigenvalue weighted by Crippen LogP contribution is 2.39. The Balaban J connectivity index is 2.09. The van der Waals surface area contributed by atoms with Crippen molar-refractivity contribution in [3.8, 4) is 11.5 Å². The highest BCUT2D eigenvalue weighted by molar-refractivity contribution is 8.00. The van der Waals surface area contributed by atoms with Crippen LogP contribution < -0.4 is 9.46 Å². The van der Waals surface area contributed by atoms with Crippen LogP contribution in [0, 0.1) is 11.6 Å². The van der Waals surface area contributed by atoms with E-state index in [-0.39, 0.29) is 11.8 Å². The van der Waals surface area contributed by atoms with E-state index >= 15 is 0 Å². The van der Waals surface area contributed by atoms with E-state index in [4.69, 9.17) is 4.74 Å². The van der Waals surface area contributed by atoms with E-state index in [1.807, 2.05) is 26.0 Å². The predicted octanol–water partition coefficient (Wildman–Crippen LogP) is 6.98. The lowest BCUT2D eigenvalue weighted by Crippen LogP contribution is -2.38. The maximum atomic E-state index is 14.3. The second-order valence-electron chi connectivity index (χ2n) is 6.97. The number of anilines is 1. The number of carbonyl (C=O) groups excluding carboxylic acids is 1. The summed E-state index contributed by atoms with van der Waals surface area (Å²) in [6, 6.07) is 8.25. The van der Waals surface area contributed by atoms with Crippen LogP contribution in [0.1, 0.15) is 25.8 Å². The van der Waals surface area contributed by atoms with Crippen molar-refractivity contribution in [2.45, 2.75) is 20.3 Å². The average Bonchev–Trinajstić information content (AvgIpc) is 2.77. The van der Waals surface area contributed by atoms with Crippen LogP contribution in [-0.4, -0.2) is 28.6 Å². The van der Waals surface area contributed by atoms with E-state index in [9.17, 15) is 13.6 Å².